The zero-order valence-electron chi connectivity index (χ0n) is 7.00. The highest BCUT2D eigenvalue weighted by Gasteiger charge is 2.13. The van der Waals surface area contributed by atoms with Crippen LogP contribution in [-0.2, 0) is 0 Å². The molecule has 0 unspecified atom stereocenters. The molecule has 2 nitrogen and oxygen atoms in total. The summed E-state index contributed by atoms with van der Waals surface area (Å²) in [6.07, 6.45) is -2.51. The molecule has 14 heavy (non-hydrogen) atoms. The van der Waals surface area contributed by atoms with Gasteiger partial charge in [-0.05, 0) is 12.1 Å². The third-order valence-electron chi connectivity index (χ3n) is 1.87. The van der Waals surface area contributed by atoms with Gasteiger partial charge in [0, 0.05) is 21.8 Å². The minimum atomic E-state index is -2.51. The zero-order chi connectivity index (χ0) is 10.3. The van der Waals surface area contributed by atoms with Gasteiger partial charge in [-0.15, -0.1) is 11.3 Å². The molecule has 74 valence electrons. The van der Waals surface area contributed by atoms with E-state index in [-0.39, 0.29) is 10.6 Å². The van der Waals surface area contributed by atoms with Gasteiger partial charge in [0.15, 0.2) is 0 Å². The highest BCUT2D eigenvalue weighted by atomic mass is 32.1. The predicted octanol–water partition coefficient (Wildman–Crippen LogP) is 3.13. The van der Waals surface area contributed by atoms with Crippen molar-refractivity contribution in [3.8, 4) is 5.75 Å². The second-order valence-corrected chi connectivity index (χ2v) is 4.02. The third-order valence-corrected chi connectivity index (χ3v) is 2.96. The largest absolute Gasteiger partial charge is 0.507 e. The fraction of sp³-hybridized carbons (Fsp3) is 0.111. The third kappa shape index (κ3) is 1.39. The molecule has 0 atom stereocenters. The standard InChI is InChI=1S/C9H7F2NOS/c10-9(11)8-3-5-6(13)1-4(12)2-7(5)14-8/h1-3,9,13H,12H2. The van der Waals surface area contributed by atoms with Crippen LogP contribution in [0.3, 0.4) is 0 Å². The number of benzene rings is 1. The Morgan fingerprint density at radius 2 is 2.00 bits per heavy atom. The molecule has 3 N–H and O–H groups in total. The molecule has 0 radical (unpaired) electrons. The van der Waals surface area contributed by atoms with E-state index in [4.69, 9.17) is 5.73 Å². The summed E-state index contributed by atoms with van der Waals surface area (Å²) in [4.78, 5) is -0.0547. The Hall–Kier alpha value is -1.36. The Morgan fingerprint density at radius 1 is 1.29 bits per heavy atom. The number of hydrogen-bond acceptors (Lipinski definition) is 3. The molecule has 0 amide bonds. The molecule has 0 aliphatic rings. The molecule has 1 aromatic carbocycles. The van der Waals surface area contributed by atoms with Crippen LogP contribution in [-0.4, -0.2) is 5.11 Å². The van der Waals surface area contributed by atoms with E-state index < -0.39 is 6.43 Å². The number of fused-ring (bicyclic) bond motifs is 1. The lowest BCUT2D eigenvalue weighted by Gasteiger charge is -1.96. The molecule has 1 heterocycles. The normalized spacial score (nSPS) is 11.4. The summed E-state index contributed by atoms with van der Waals surface area (Å²) in [6.45, 7) is 0. The molecule has 0 fully saturated rings. The van der Waals surface area contributed by atoms with Gasteiger partial charge in [0.25, 0.3) is 6.43 Å². The molecule has 1 aromatic heterocycles. The second kappa shape index (κ2) is 3.09. The Labute approximate surface area is 82.6 Å². The van der Waals surface area contributed by atoms with Crippen LogP contribution in [0.2, 0.25) is 0 Å². The Bertz CT molecular complexity index is 481. The number of hydrogen-bond donors (Lipinski definition) is 2. The summed E-state index contributed by atoms with van der Waals surface area (Å²) in [5.41, 5.74) is 5.84. The maximum absolute atomic E-state index is 12.3. The minimum Gasteiger partial charge on any atom is -0.507 e. The van der Waals surface area contributed by atoms with E-state index in [0.717, 1.165) is 11.3 Å². The van der Waals surface area contributed by atoms with Gasteiger partial charge < -0.3 is 10.8 Å². The number of alkyl halides is 2. The molecule has 5 heteroatoms. The molecular formula is C9H7F2NOS. The molecule has 2 rings (SSSR count). The first-order valence-corrected chi connectivity index (χ1v) is 4.69. The van der Waals surface area contributed by atoms with Crippen molar-refractivity contribution in [2.75, 3.05) is 5.73 Å². The first-order chi connectivity index (χ1) is 6.58. The molecule has 0 aliphatic carbocycles. The molecule has 0 bridgehead atoms. The number of nitrogen functional groups attached to an aromatic ring is 1. The highest BCUT2D eigenvalue weighted by molar-refractivity contribution is 7.19. The lowest BCUT2D eigenvalue weighted by Crippen LogP contribution is -1.82. The van der Waals surface area contributed by atoms with Crippen LogP contribution in [0.5, 0.6) is 5.75 Å². The van der Waals surface area contributed by atoms with E-state index in [1.54, 1.807) is 6.07 Å². The van der Waals surface area contributed by atoms with Crippen LogP contribution in [0.25, 0.3) is 10.1 Å². The van der Waals surface area contributed by atoms with Gasteiger partial charge in [0.05, 0.1) is 4.88 Å². The van der Waals surface area contributed by atoms with Gasteiger partial charge in [-0.25, -0.2) is 8.78 Å². The number of thiophene rings is 1. The molecular weight excluding hydrogens is 208 g/mol. The monoisotopic (exact) mass is 215 g/mol. The maximum atomic E-state index is 12.3. The number of phenolic OH excluding ortho intramolecular Hbond substituents is 1. The zero-order valence-corrected chi connectivity index (χ0v) is 7.81. The topological polar surface area (TPSA) is 46.2 Å². The lowest BCUT2D eigenvalue weighted by atomic mass is 10.2. The van der Waals surface area contributed by atoms with Crippen LogP contribution in [0.4, 0.5) is 14.5 Å². The van der Waals surface area contributed by atoms with Gasteiger partial charge in [0.2, 0.25) is 0 Å². The Kier molecular flexibility index (Phi) is 2.03. The molecule has 0 saturated carbocycles. The van der Waals surface area contributed by atoms with Crippen LogP contribution < -0.4 is 5.73 Å². The van der Waals surface area contributed by atoms with Crippen LogP contribution in [0.1, 0.15) is 11.3 Å². The predicted molar refractivity (Wildman–Crippen MR) is 52.9 cm³/mol. The van der Waals surface area contributed by atoms with E-state index >= 15 is 0 Å². The van der Waals surface area contributed by atoms with Crippen molar-refractivity contribution in [1.82, 2.24) is 0 Å². The van der Waals surface area contributed by atoms with E-state index in [2.05, 4.69) is 0 Å². The maximum Gasteiger partial charge on any atom is 0.272 e. The molecule has 0 saturated heterocycles. The lowest BCUT2D eigenvalue weighted by molar-refractivity contribution is 0.156. The van der Waals surface area contributed by atoms with Crippen molar-refractivity contribution < 1.29 is 13.9 Å². The molecule has 0 spiro atoms. The summed E-state index contributed by atoms with van der Waals surface area (Å²) in [6, 6.07) is 4.22. The fourth-order valence-corrected chi connectivity index (χ4v) is 2.26. The van der Waals surface area contributed by atoms with E-state index in [1.807, 2.05) is 0 Å². The van der Waals surface area contributed by atoms with Gasteiger partial charge in [-0.1, -0.05) is 0 Å². The van der Waals surface area contributed by atoms with E-state index in [0.29, 0.717) is 15.8 Å². The van der Waals surface area contributed by atoms with Gasteiger partial charge in [0.1, 0.15) is 5.75 Å². The Balaban J connectivity index is 2.70. The molecule has 0 aliphatic heterocycles. The summed E-state index contributed by atoms with van der Waals surface area (Å²) >= 11 is 0.944. The van der Waals surface area contributed by atoms with Gasteiger partial charge >= 0.3 is 0 Å². The van der Waals surface area contributed by atoms with Crippen LogP contribution in [0, 0.1) is 0 Å². The van der Waals surface area contributed by atoms with Crippen LogP contribution in [0.15, 0.2) is 18.2 Å². The van der Waals surface area contributed by atoms with Crippen LogP contribution >= 0.6 is 11.3 Å². The molecule has 2 aromatic rings. The Morgan fingerprint density at radius 3 is 2.64 bits per heavy atom. The number of nitrogens with two attached hydrogens (primary N) is 1. The van der Waals surface area contributed by atoms with Crippen molar-refractivity contribution in [2.45, 2.75) is 6.43 Å². The van der Waals surface area contributed by atoms with Crippen molar-refractivity contribution in [3.05, 3.63) is 23.1 Å². The number of phenols is 1. The summed E-state index contributed by atoms with van der Waals surface area (Å²) in [5.74, 6) is -0.0526. The minimum absolute atomic E-state index is 0.0526. The summed E-state index contributed by atoms with van der Waals surface area (Å²) in [5, 5.41) is 9.86. The number of halogens is 2. The first kappa shape index (κ1) is 9.21. The van der Waals surface area contributed by atoms with Crippen molar-refractivity contribution in [1.29, 1.82) is 0 Å². The summed E-state index contributed by atoms with van der Waals surface area (Å²) in [7, 11) is 0. The fourth-order valence-electron chi connectivity index (χ4n) is 1.27. The van der Waals surface area contributed by atoms with Crippen molar-refractivity contribution >= 4 is 27.1 Å². The van der Waals surface area contributed by atoms with E-state index in [1.165, 1.54) is 12.1 Å². The number of aromatic hydroxyl groups is 1. The van der Waals surface area contributed by atoms with E-state index in [9.17, 15) is 13.9 Å². The SMILES string of the molecule is Nc1cc(O)c2cc(C(F)F)sc2c1. The van der Waals surface area contributed by atoms with Gasteiger partial charge in [-0.3, -0.25) is 0 Å². The van der Waals surface area contributed by atoms with Gasteiger partial charge in [-0.2, -0.15) is 0 Å². The number of rotatable bonds is 1. The quantitative estimate of drug-likeness (QED) is 0.718. The first-order valence-electron chi connectivity index (χ1n) is 3.88. The second-order valence-electron chi connectivity index (χ2n) is 2.90. The average molecular weight is 215 g/mol. The smallest absolute Gasteiger partial charge is 0.272 e. The number of anilines is 1. The summed E-state index contributed by atoms with van der Waals surface area (Å²) < 4.78 is 25.3. The highest BCUT2D eigenvalue weighted by Crippen LogP contribution is 2.37. The average Bonchev–Trinajstić information content (AvgIpc) is 2.47. The van der Waals surface area contributed by atoms with Crippen molar-refractivity contribution in [3.63, 3.8) is 0 Å². The van der Waals surface area contributed by atoms with Crippen molar-refractivity contribution in [2.24, 2.45) is 0 Å².